The lowest BCUT2D eigenvalue weighted by molar-refractivity contribution is 0.0775. The second kappa shape index (κ2) is 11.0. The van der Waals surface area contributed by atoms with Gasteiger partial charge in [0.25, 0.3) is 0 Å². The molecule has 0 bridgehead atoms. The van der Waals surface area contributed by atoms with Gasteiger partial charge in [-0.05, 0) is 31.9 Å². The lowest BCUT2D eigenvalue weighted by Crippen LogP contribution is -2.31. The molecule has 0 radical (unpaired) electrons. The SMILES string of the molecule is COc1cccc(OC)c1-n1c(NS(=O)(=O)[C@@H](C)[C@H](C)c2ncc(Cl)cn2)nnc1[C@@H]1CCCOC1. The van der Waals surface area contributed by atoms with Gasteiger partial charge in [0.05, 0.1) is 31.1 Å². The van der Waals surface area contributed by atoms with Gasteiger partial charge in [0.1, 0.15) is 28.8 Å². The zero-order valence-electron chi connectivity index (χ0n) is 20.5. The van der Waals surface area contributed by atoms with Gasteiger partial charge in [-0.15, -0.1) is 10.2 Å². The lowest BCUT2D eigenvalue weighted by atomic mass is 10.0. The predicted octanol–water partition coefficient (Wildman–Crippen LogP) is 3.56. The van der Waals surface area contributed by atoms with Crippen molar-refractivity contribution in [1.82, 2.24) is 24.7 Å². The fraction of sp³-hybridized carbons (Fsp3) is 0.478. The zero-order chi connectivity index (χ0) is 25.9. The van der Waals surface area contributed by atoms with Crippen LogP contribution in [0.1, 0.15) is 50.2 Å². The summed E-state index contributed by atoms with van der Waals surface area (Å²) >= 11 is 5.88. The van der Waals surface area contributed by atoms with E-state index in [4.69, 9.17) is 25.8 Å². The van der Waals surface area contributed by atoms with Crippen molar-refractivity contribution in [2.24, 2.45) is 0 Å². The molecule has 1 aliphatic rings. The molecule has 194 valence electrons. The minimum Gasteiger partial charge on any atom is -0.494 e. The third-order valence-corrected chi connectivity index (χ3v) is 8.36. The maximum atomic E-state index is 13.5. The van der Waals surface area contributed by atoms with Crippen LogP contribution in [0.4, 0.5) is 5.95 Å². The fourth-order valence-corrected chi connectivity index (χ4v) is 5.43. The van der Waals surface area contributed by atoms with Crippen LogP contribution in [0.25, 0.3) is 5.69 Å². The zero-order valence-corrected chi connectivity index (χ0v) is 22.1. The predicted molar refractivity (Wildman–Crippen MR) is 135 cm³/mol. The van der Waals surface area contributed by atoms with Crippen LogP contribution < -0.4 is 14.2 Å². The highest BCUT2D eigenvalue weighted by molar-refractivity contribution is 7.93. The van der Waals surface area contributed by atoms with Crippen LogP contribution in [0.3, 0.4) is 0 Å². The highest BCUT2D eigenvalue weighted by atomic mass is 35.5. The second-order valence-corrected chi connectivity index (χ2v) is 11.0. The van der Waals surface area contributed by atoms with E-state index in [-0.39, 0.29) is 11.9 Å². The van der Waals surface area contributed by atoms with Crippen LogP contribution in [-0.2, 0) is 14.8 Å². The number of hydrogen-bond acceptors (Lipinski definition) is 9. The Morgan fingerprint density at radius 3 is 2.39 bits per heavy atom. The van der Waals surface area contributed by atoms with Gasteiger partial charge in [-0.25, -0.2) is 18.4 Å². The first-order chi connectivity index (χ1) is 17.3. The molecule has 3 heterocycles. The molecule has 1 aliphatic heterocycles. The molecule has 2 aromatic heterocycles. The first-order valence-electron chi connectivity index (χ1n) is 11.5. The van der Waals surface area contributed by atoms with E-state index in [0.717, 1.165) is 12.8 Å². The van der Waals surface area contributed by atoms with Crippen LogP contribution in [-0.4, -0.2) is 65.8 Å². The van der Waals surface area contributed by atoms with Gasteiger partial charge in [-0.1, -0.05) is 24.6 Å². The average molecular weight is 537 g/mol. The van der Waals surface area contributed by atoms with E-state index in [1.54, 1.807) is 36.6 Å². The number of sulfonamides is 1. The van der Waals surface area contributed by atoms with Gasteiger partial charge in [0.2, 0.25) is 16.0 Å². The molecule has 0 unspecified atom stereocenters. The number of nitrogens with zero attached hydrogens (tertiary/aromatic N) is 5. The molecular weight excluding hydrogens is 508 g/mol. The standard InChI is InChI=1S/C23H29ClN6O5S/c1-14(21-25-11-17(24)12-26-21)15(2)36(31,32)29-23-28-27-22(16-7-6-10-35-13-16)30(23)20-18(33-3)8-5-9-19(20)34-4/h5,8-9,11-12,14-16H,6-7,10,13H2,1-4H3,(H,28,29)/t14-,15-,16+/m0/s1. The molecule has 4 rings (SSSR count). The lowest BCUT2D eigenvalue weighted by Gasteiger charge is -2.24. The number of anilines is 1. The first-order valence-corrected chi connectivity index (χ1v) is 13.4. The van der Waals surface area contributed by atoms with Crippen LogP contribution in [0.2, 0.25) is 5.02 Å². The van der Waals surface area contributed by atoms with Crippen molar-refractivity contribution in [2.45, 2.75) is 43.8 Å². The maximum Gasteiger partial charge on any atom is 0.243 e. The van der Waals surface area contributed by atoms with E-state index in [1.807, 2.05) is 0 Å². The third kappa shape index (κ3) is 5.25. The third-order valence-electron chi connectivity index (χ3n) is 6.31. The molecule has 0 saturated carbocycles. The largest absolute Gasteiger partial charge is 0.494 e. The molecule has 1 saturated heterocycles. The number of rotatable bonds is 9. The van der Waals surface area contributed by atoms with Crippen LogP contribution in [0, 0.1) is 0 Å². The van der Waals surface area contributed by atoms with Gasteiger partial charge in [0, 0.05) is 30.8 Å². The van der Waals surface area contributed by atoms with Gasteiger partial charge >= 0.3 is 0 Å². The van der Waals surface area contributed by atoms with Crippen molar-refractivity contribution in [3.05, 3.63) is 47.3 Å². The van der Waals surface area contributed by atoms with Gasteiger partial charge < -0.3 is 14.2 Å². The molecule has 11 nitrogen and oxygen atoms in total. The van der Waals surface area contributed by atoms with Gasteiger partial charge in [-0.3, -0.25) is 9.29 Å². The van der Waals surface area contributed by atoms with Crippen molar-refractivity contribution in [1.29, 1.82) is 0 Å². The van der Waals surface area contributed by atoms with Crippen molar-refractivity contribution in [3.8, 4) is 17.2 Å². The molecule has 0 amide bonds. The van der Waals surface area contributed by atoms with Crippen LogP contribution in [0.15, 0.2) is 30.6 Å². The number of benzene rings is 1. The topological polar surface area (TPSA) is 130 Å². The summed E-state index contributed by atoms with van der Waals surface area (Å²) in [5.74, 6) is 1.28. The number of nitrogens with one attached hydrogen (secondary N) is 1. The van der Waals surface area contributed by atoms with Gasteiger partial charge in [0.15, 0.2) is 0 Å². The minimum atomic E-state index is -3.96. The molecular formula is C23H29ClN6O5S. The highest BCUT2D eigenvalue weighted by Gasteiger charge is 2.33. The van der Waals surface area contributed by atoms with E-state index >= 15 is 0 Å². The van der Waals surface area contributed by atoms with Crippen molar-refractivity contribution in [3.63, 3.8) is 0 Å². The molecule has 13 heteroatoms. The maximum absolute atomic E-state index is 13.5. The molecule has 0 spiro atoms. The van der Waals surface area contributed by atoms with E-state index < -0.39 is 21.2 Å². The molecule has 1 N–H and O–H groups in total. The molecule has 3 atom stereocenters. The summed E-state index contributed by atoms with van der Waals surface area (Å²) in [5, 5.41) is 8.09. The van der Waals surface area contributed by atoms with Gasteiger partial charge in [-0.2, -0.15) is 0 Å². The minimum absolute atomic E-state index is 0.0226. The Labute approximate surface area is 215 Å². The number of aromatic nitrogens is 5. The summed E-state index contributed by atoms with van der Waals surface area (Å²) in [7, 11) is -0.890. The van der Waals surface area contributed by atoms with E-state index in [1.165, 1.54) is 26.6 Å². The number of hydrogen-bond donors (Lipinski definition) is 1. The number of methoxy groups -OCH3 is 2. The van der Waals surface area contributed by atoms with Crippen LogP contribution >= 0.6 is 11.6 Å². The Bertz CT molecular complexity index is 1270. The summed E-state index contributed by atoms with van der Waals surface area (Å²) in [4.78, 5) is 8.36. The monoisotopic (exact) mass is 536 g/mol. The Balaban J connectivity index is 1.77. The summed E-state index contributed by atoms with van der Waals surface area (Å²) in [5.41, 5.74) is 0.493. The molecule has 1 aromatic carbocycles. The van der Waals surface area contributed by atoms with Crippen molar-refractivity contribution < 1.29 is 22.6 Å². The quantitative estimate of drug-likeness (QED) is 0.436. The smallest absolute Gasteiger partial charge is 0.243 e. The number of halogens is 1. The molecule has 1 fully saturated rings. The summed E-state index contributed by atoms with van der Waals surface area (Å²) in [6, 6.07) is 5.31. The summed E-state index contributed by atoms with van der Waals surface area (Å²) in [6.45, 7) is 4.45. The first kappa shape index (κ1) is 26.1. The van der Waals surface area contributed by atoms with E-state index in [9.17, 15) is 8.42 Å². The summed E-state index contributed by atoms with van der Waals surface area (Å²) in [6.07, 6.45) is 4.56. The highest BCUT2D eigenvalue weighted by Crippen LogP contribution is 2.38. The van der Waals surface area contributed by atoms with Crippen molar-refractivity contribution in [2.75, 3.05) is 32.2 Å². The van der Waals surface area contributed by atoms with Crippen molar-refractivity contribution >= 4 is 27.6 Å². The second-order valence-electron chi connectivity index (χ2n) is 8.54. The normalized spacial score (nSPS) is 17.9. The number of ether oxygens (including phenoxy) is 3. The number of para-hydroxylation sites is 1. The Morgan fingerprint density at radius 2 is 1.81 bits per heavy atom. The Kier molecular flexibility index (Phi) is 7.96. The fourth-order valence-electron chi connectivity index (χ4n) is 4.10. The molecule has 36 heavy (non-hydrogen) atoms. The summed E-state index contributed by atoms with van der Waals surface area (Å²) < 4.78 is 48.2. The molecule has 0 aliphatic carbocycles. The average Bonchev–Trinajstić information content (AvgIpc) is 3.30. The van der Waals surface area contributed by atoms with Crippen LogP contribution in [0.5, 0.6) is 11.5 Å². The Morgan fingerprint density at radius 1 is 1.14 bits per heavy atom. The Hall–Kier alpha value is -2.96. The van der Waals surface area contributed by atoms with E-state index in [0.29, 0.717) is 47.1 Å². The molecule has 3 aromatic rings. The van der Waals surface area contributed by atoms with E-state index in [2.05, 4.69) is 24.9 Å².